The number of para-hydroxylation sites is 1. The molecule has 1 aromatic heterocycles. The van der Waals surface area contributed by atoms with Crippen molar-refractivity contribution in [2.75, 3.05) is 20.3 Å². The molecule has 0 saturated heterocycles. The number of nitrogens with zero attached hydrogens (tertiary/aromatic N) is 2. The van der Waals surface area contributed by atoms with Gasteiger partial charge in [-0.15, -0.1) is 11.6 Å². The van der Waals surface area contributed by atoms with Crippen LogP contribution in [-0.2, 0) is 22.0 Å². The summed E-state index contributed by atoms with van der Waals surface area (Å²) in [6.45, 7) is 3.21. The van der Waals surface area contributed by atoms with Crippen LogP contribution in [0.2, 0.25) is 0 Å². The van der Waals surface area contributed by atoms with Crippen molar-refractivity contribution >= 4 is 28.5 Å². The number of halogens is 1. The molecule has 20 heavy (non-hydrogen) atoms. The molecule has 0 aliphatic rings. The molecule has 1 heterocycles. The molecule has 1 N–H and O–H groups in total. The van der Waals surface area contributed by atoms with Gasteiger partial charge < -0.3 is 14.6 Å². The molecule has 0 unspecified atom stereocenters. The largest absolute Gasteiger partial charge is 0.383 e. The Bertz CT molecular complexity index is 610. The molecule has 1 aromatic carbocycles. The summed E-state index contributed by atoms with van der Waals surface area (Å²) < 4.78 is 6.76. The first-order valence-electron chi connectivity index (χ1n) is 6.43. The second kappa shape index (κ2) is 6.72. The number of nitrogens with one attached hydrogen (secondary N) is 1. The highest BCUT2D eigenvalue weighted by atomic mass is 35.5. The molecule has 1 amide bonds. The number of benzene rings is 1. The first-order valence-corrected chi connectivity index (χ1v) is 6.97. The number of aromatic nitrogens is 2. The summed E-state index contributed by atoms with van der Waals surface area (Å²) in [5.74, 6) is 0.909. The number of carbonyl (C=O) groups excluding carboxylic acids is 1. The van der Waals surface area contributed by atoms with E-state index in [9.17, 15) is 4.79 Å². The van der Waals surface area contributed by atoms with Crippen LogP contribution in [0.1, 0.15) is 11.4 Å². The lowest BCUT2D eigenvalue weighted by Gasteiger charge is -2.08. The number of imidazole rings is 1. The smallest absolute Gasteiger partial charge is 0.240 e. The Kier molecular flexibility index (Phi) is 4.98. The quantitative estimate of drug-likeness (QED) is 0.653. The summed E-state index contributed by atoms with van der Waals surface area (Å²) in [5, 5.41) is 2.80. The molecule has 6 heteroatoms. The van der Waals surface area contributed by atoms with Gasteiger partial charge in [0, 0.05) is 13.7 Å². The van der Waals surface area contributed by atoms with Crippen molar-refractivity contribution in [1.29, 1.82) is 0 Å². The van der Waals surface area contributed by atoms with Gasteiger partial charge in [-0.2, -0.15) is 0 Å². The zero-order valence-electron chi connectivity index (χ0n) is 11.6. The number of fused-ring (bicyclic) bond motifs is 1. The summed E-state index contributed by atoms with van der Waals surface area (Å²) >= 11 is 5.93. The summed E-state index contributed by atoms with van der Waals surface area (Å²) in [5.41, 5.74) is 2.91. The van der Waals surface area contributed by atoms with Crippen molar-refractivity contribution < 1.29 is 9.53 Å². The molecule has 0 bridgehead atoms. The van der Waals surface area contributed by atoms with Crippen LogP contribution in [0.4, 0.5) is 0 Å². The Morgan fingerprint density at radius 3 is 3.00 bits per heavy atom. The van der Waals surface area contributed by atoms with E-state index in [1.54, 1.807) is 7.11 Å². The normalized spacial score (nSPS) is 10.9. The molecular weight excluding hydrogens is 278 g/mol. The van der Waals surface area contributed by atoms with Gasteiger partial charge >= 0.3 is 0 Å². The molecule has 0 spiro atoms. The third-order valence-electron chi connectivity index (χ3n) is 3.11. The van der Waals surface area contributed by atoms with Gasteiger partial charge in [0.15, 0.2) is 0 Å². The molecule has 0 aliphatic carbocycles. The van der Waals surface area contributed by atoms with E-state index in [-0.39, 0.29) is 18.3 Å². The monoisotopic (exact) mass is 295 g/mol. The number of rotatable bonds is 6. The predicted molar refractivity (Wildman–Crippen MR) is 78.9 cm³/mol. The van der Waals surface area contributed by atoms with E-state index in [1.165, 1.54) is 0 Å². The van der Waals surface area contributed by atoms with Gasteiger partial charge in [-0.25, -0.2) is 4.98 Å². The highest BCUT2D eigenvalue weighted by Gasteiger charge is 2.13. The van der Waals surface area contributed by atoms with Crippen molar-refractivity contribution in [2.45, 2.75) is 19.3 Å². The number of carbonyl (C=O) groups is 1. The highest BCUT2D eigenvalue weighted by Crippen LogP contribution is 2.20. The van der Waals surface area contributed by atoms with Gasteiger partial charge in [-0.1, -0.05) is 12.1 Å². The molecule has 0 atom stereocenters. The summed E-state index contributed by atoms with van der Waals surface area (Å²) in [6, 6.07) is 5.90. The van der Waals surface area contributed by atoms with Gasteiger partial charge in [0.2, 0.25) is 5.91 Å². The van der Waals surface area contributed by atoms with Crippen molar-refractivity contribution in [3.05, 3.63) is 29.6 Å². The average Bonchev–Trinajstić information content (AvgIpc) is 2.79. The van der Waals surface area contributed by atoms with Gasteiger partial charge in [0.1, 0.15) is 12.4 Å². The third-order valence-corrected chi connectivity index (χ3v) is 3.35. The second-order valence-electron chi connectivity index (χ2n) is 4.53. The maximum absolute atomic E-state index is 11.9. The fraction of sp³-hybridized carbons (Fsp3) is 0.429. The fourth-order valence-corrected chi connectivity index (χ4v) is 2.31. The number of methoxy groups -OCH3 is 1. The lowest BCUT2D eigenvalue weighted by atomic mass is 10.2. The molecule has 0 saturated carbocycles. The van der Waals surface area contributed by atoms with E-state index in [4.69, 9.17) is 16.3 Å². The highest BCUT2D eigenvalue weighted by molar-refractivity contribution is 6.16. The standard InChI is InChI=1S/C14H18ClN3O2/c1-10-4-3-5-11-14(10)17-12(8-15)18(11)9-13(19)16-6-7-20-2/h3-5H,6-9H2,1-2H3,(H,16,19). The Hall–Kier alpha value is -1.59. The van der Waals surface area contributed by atoms with Crippen molar-refractivity contribution in [3.63, 3.8) is 0 Å². The van der Waals surface area contributed by atoms with E-state index in [0.29, 0.717) is 19.0 Å². The number of ether oxygens (including phenoxy) is 1. The molecule has 0 radical (unpaired) electrons. The molecule has 0 aliphatic heterocycles. The van der Waals surface area contributed by atoms with Crippen LogP contribution < -0.4 is 5.32 Å². The summed E-state index contributed by atoms with van der Waals surface area (Å²) in [4.78, 5) is 16.4. The molecular formula is C14H18ClN3O2. The Morgan fingerprint density at radius 1 is 1.50 bits per heavy atom. The molecule has 2 aromatic rings. The third kappa shape index (κ3) is 3.11. The topological polar surface area (TPSA) is 56.1 Å². The van der Waals surface area contributed by atoms with Crippen LogP contribution in [0.15, 0.2) is 18.2 Å². The zero-order valence-corrected chi connectivity index (χ0v) is 12.4. The van der Waals surface area contributed by atoms with Crippen LogP contribution >= 0.6 is 11.6 Å². The second-order valence-corrected chi connectivity index (χ2v) is 4.80. The van der Waals surface area contributed by atoms with Gasteiger partial charge in [0.05, 0.1) is 23.5 Å². The SMILES string of the molecule is COCCNC(=O)Cn1c(CCl)nc2c(C)cccc21. The van der Waals surface area contributed by atoms with Gasteiger partial charge in [0.25, 0.3) is 0 Å². The van der Waals surface area contributed by atoms with Crippen molar-refractivity contribution in [1.82, 2.24) is 14.9 Å². The van der Waals surface area contributed by atoms with Crippen molar-refractivity contribution in [3.8, 4) is 0 Å². The van der Waals surface area contributed by atoms with E-state index < -0.39 is 0 Å². The number of aryl methyl sites for hydroxylation is 1. The number of hydrogen-bond acceptors (Lipinski definition) is 3. The number of amides is 1. The van der Waals surface area contributed by atoms with Crippen LogP contribution in [0.25, 0.3) is 11.0 Å². The Balaban J connectivity index is 2.24. The first-order chi connectivity index (χ1) is 9.67. The van der Waals surface area contributed by atoms with Crippen LogP contribution in [0.5, 0.6) is 0 Å². The minimum absolute atomic E-state index is 0.0748. The fourth-order valence-electron chi connectivity index (χ4n) is 2.11. The van der Waals surface area contributed by atoms with E-state index in [0.717, 1.165) is 16.6 Å². The maximum atomic E-state index is 11.9. The zero-order chi connectivity index (χ0) is 14.5. The number of hydrogen-bond donors (Lipinski definition) is 1. The molecule has 108 valence electrons. The van der Waals surface area contributed by atoms with E-state index in [2.05, 4.69) is 10.3 Å². The minimum Gasteiger partial charge on any atom is -0.383 e. The average molecular weight is 296 g/mol. The molecule has 2 rings (SSSR count). The van der Waals surface area contributed by atoms with E-state index in [1.807, 2.05) is 29.7 Å². The molecule has 0 fully saturated rings. The summed E-state index contributed by atoms with van der Waals surface area (Å²) in [6.07, 6.45) is 0. The number of alkyl halides is 1. The lowest BCUT2D eigenvalue weighted by molar-refractivity contribution is -0.121. The maximum Gasteiger partial charge on any atom is 0.240 e. The van der Waals surface area contributed by atoms with Crippen LogP contribution in [-0.4, -0.2) is 35.7 Å². The van der Waals surface area contributed by atoms with Crippen molar-refractivity contribution in [2.24, 2.45) is 0 Å². The minimum atomic E-state index is -0.0748. The van der Waals surface area contributed by atoms with E-state index >= 15 is 0 Å². The van der Waals surface area contributed by atoms with Crippen LogP contribution in [0.3, 0.4) is 0 Å². The molecule has 5 nitrogen and oxygen atoms in total. The Labute approximate surface area is 122 Å². The summed E-state index contributed by atoms with van der Waals surface area (Å²) in [7, 11) is 1.60. The Morgan fingerprint density at radius 2 is 2.30 bits per heavy atom. The van der Waals surface area contributed by atoms with Gasteiger partial charge in [-0.05, 0) is 18.6 Å². The lowest BCUT2D eigenvalue weighted by Crippen LogP contribution is -2.30. The first kappa shape index (κ1) is 14.8. The van der Waals surface area contributed by atoms with Crippen LogP contribution in [0, 0.1) is 6.92 Å². The predicted octanol–water partition coefficient (Wildman–Crippen LogP) is 1.85. The van der Waals surface area contributed by atoms with Gasteiger partial charge in [-0.3, -0.25) is 4.79 Å².